The maximum atomic E-state index is 10.4. The Kier molecular flexibility index (Phi) is 2.77. The molecule has 0 radical (unpaired) electrons. The molecule has 0 atom stereocenters. The fraction of sp³-hybridized carbons (Fsp3) is 0.154. The molecule has 3 heteroatoms. The number of ether oxygens (including phenoxy) is 1. The molecule has 0 heterocycles. The van der Waals surface area contributed by atoms with Gasteiger partial charge in [-0.3, -0.25) is 0 Å². The van der Waals surface area contributed by atoms with Crippen LogP contribution in [0.4, 0.5) is 0 Å². The van der Waals surface area contributed by atoms with Crippen LogP contribution in [0.15, 0.2) is 36.4 Å². The van der Waals surface area contributed by atoms with Crippen LogP contribution in [-0.2, 0) is 4.79 Å². The number of rotatable bonds is 3. The number of fused-ring (bicyclic) bond motifs is 1. The maximum Gasteiger partial charge on any atom is 0.341 e. The first kappa shape index (κ1) is 10.5. The largest absolute Gasteiger partial charge is 0.482 e. The molecule has 0 aliphatic carbocycles. The second-order valence-electron chi connectivity index (χ2n) is 3.65. The van der Waals surface area contributed by atoms with Crippen molar-refractivity contribution in [3.8, 4) is 5.75 Å². The summed E-state index contributed by atoms with van der Waals surface area (Å²) in [5.74, 6) is -0.339. The highest BCUT2D eigenvalue weighted by atomic mass is 16.5. The molecule has 2 aromatic carbocycles. The first-order valence-corrected chi connectivity index (χ1v) is 5.01. The van der Waals surface area contributed by atoms with E-state index in [0.29, 0.717) is 5.75 Å². The Morgan fingerprint density at radius 1 is 1.25 bits per heavy atom. The van der Waals surface area contributed by atoms with E-state index >= 15 is 0 Å². The lowest BCUT2D eigenvalue weighted by Gasteiger charge is -2.08. The standard InChI is InChI=1S/C13H12O3/c1-9-6-10-4-2-3-5-11(10)7-12(9)16-8-13(14)15/h2-7H,8H2,1H3,(H,14,15). The van der Waals surface area contributed by atoms with E-state index < -0.39 is 5.97 Å². The van der Waals surface area contributed by atoms with Gasteiger partial charge in [-0.1, -0.05) is 24.3 Å². The summed E-state index contributed by atoms with van der Waals surface area (Å²) in [7, 11) is 0. The number of hydrogen-bond donors (Lipinski definition) is 1. The van der Waals surface area contributed by atoms with Crippen molar-refractivity contribution in [2.75, 3.05) is 6.61 Å². The van der Waals surface area contributed by atoms with Crippen molar-refractivity contribution in [2.24, 2.45) is 0 Å². The molecular weight excluding hydrogens is 204 g/mol. The fourth-order valence-corrected chi connectivity index (χ4v) is 1.63. The van der Waals surface area contributed by atoms with Gasteiger partial charge in [0.1, 0.15) is 5.75 Å². The van der Waals surface area contributed by atoms with Gasteiger partial charge in [0.15, 0.2) is 6.61 Å². The van der Waals surface area contributed by atoms with Gasteiger partial charge in [0, 0.05) is 0 Å². The van der Waals surface area contributed by atoms with Gasteiger partial charge in [-0.05, 0) is 35.4 Å². The van der Waals surface area contributed by atoms with Crippen molar-refractivity contribution in [3.05, 3.63) is 42.0 Å². The third-order valence-electron chi connectivity index (χ3n) is 2.39. The molecule has 82 valence electrons. The van der Waals surface area contributed by atoms with E-state index in [2.05, 4.69) is 0 Å². The Bertz CT molecular complexity index is 532. The zero-order chi connectivity index (χ0) is 11.5. The zero-order valence-corrected chi connectivity index (χ0v) is 8.93. The third-order valence-corrected chi connectivity index (χ3v) is 2.39. The summed E-state index contributed by atoms with van der Waals surface area (Å²) in [5.41, 5.74) is 0.944. The van der Waals surface area contributed by atoms with Gasteiger partial charge in [0.05, 0.1) is 0 Å². The van der Waals surface area contributed by atoms with Gasteiger partial charge in [-0.2, -0.15) is 0 Å². The predicted octanol–water partition coefficient (Wildman–Crippen LogP) is 2.61. The van der Waals surface area contributed by atoms with Gasteiger partial charge >= 0.3 is 5.97 Å². The van der Waals surface area contributed by atoms with Crippen LogP contribution < -0.4 is 4.74 Å². The second kappa shape index (κ2) is 4.23. The van der Waals surface area contributed by atoms with Gasteiger partial charge < -0.3 is 9.84 Å². The van der Waals surface area contributed by atoms with Crippen molar-refractivity contribution >= 4 is 16.7 Å². The lowest BCUT2D eigenvalue weighted by molar-refractivity contribution is -0.139. The molecule has 0 fully saturated rings. The molecule has 0 amide bonds. The minimum atomic E-state index is -0.965. The summed E-state index contributed by atoms with van der Waals surface area (Å²) in [6, 6.07) is 11.8. The Morgan fingerprint density at radius 2 is 1.88 bits per heavy atom. The number of hydrogen-bond acceptors (Lipinski definition) is 2. The molecule has 0 unspecified atom stereocenters. The molecule has 1 N–H and O–H groups in total. The lowest BCUT2D eigenvalue weighted by atomic mass is 10.1. The molecule has 0 saturated heterocycles. The van der Waals surface area contributed by atoms with Crippen LogP contribution in [0.1, 0.15) is 5.56 Å². The molecular formula is C13H12O3. The minimum Gasteiger partial charge on any atom is -0.482 e. The normalized spacial score (nSPS) is 10.3. The number of aliphatic carboxylic acids is 1. The molecule has 0 bridgehead atoms. The summed E-state index contributed by atoms with van der Waals surface area (Å²) in [6.45, 7) is 1.60. The Morgan fingerprint density at radius 3 is 2.50 bits per heavy atom. The quantitative estimate of drug-likeness (QED) is 0.857. The molecule has 0 aliphatic rings. The molecule has 0 aromatic heterocycles. The highest BCUT2D eigenvalue weighted by Crippen LogP contribution is 2.25. The number of aryl methyl sites for hydroxylation is 1. The van der Waals surface area contributed by atoms with Gasteiger partial charge in [0.2, 0.25) is 0 Å². The molecule has 2 rings (SSSR count). The summed E-state index contributed by atoms with van der Waals surface area (Å²) >= 11 is 0. The van der Waals surface area contributed by atoms with Crippen molar-refractivity contribution in [1.82, 2.24) is 0 Å². The molecule has 2 aromatic rings. The zero-order valence-electron chi connectivity index (χ0n) is 8.93. The monoisotopic (exact) mass is 216 g/mol. The highest BCUT2D eigenvalue weighted by molar-refractivity contribution is 5.85. The summed E-state index contributed by atoms with van der Waals surface area (Å²) < 4.78 is 5.21. The van der Waals surface area contributed by atoms with Gasteiger partial charge in [-0.15, -0.1) is 0 Å². The summed E-state index contributed by atoms with van der Waals surface area (Å²) in [4.78, 5) is 10.4. The van der Waals surface area contributed by atoms with E-state index in [0.717, 1.165) is 16.3 Å². The number of carboxylic acids is 1. The predicted molar refractivity (Wildman–Crippen MR) is 61.8 cm³/mol. The van der Waals surface area contributed by atoms with Crippen molar-refractivity contribution in [3.63, 3.8) is 0 Å². The molecule has 0 spiro atoms. The Balaban J connectivity index is 2.38. The van der Waals surface area contributed by atoms with Crippen LogP contribution >= 0.6 is 0 Å². The van der Waals surface area contributed by atoms with E-state index in [1.807, 2.05) is 43.3 Å². The van der Waals surface area contributed by atoms with Crippen LogP contribution in [0.3, 0.4) is 0 Å². The summed E-state index contributed by atoms with van der Waals surface area (Å²) in [5, 5.41) is 10.7. The average Bonchev–Trinajstić information content (AvgIpc) is 2.26. The number of carboxylic acid groups (broad SMARTS) is 1. The third kappa shape index (κ3) is 2.14. The van der Waals surface area contributed by atoms with Gasteiger partial charge in [0.25, 0.3) is 0 Å². The summed E-state index contributed by atoms with van der Waals surface area (Å²) in [6.07, 6.45) is 0. The maximum absolute atomic E-state index is 10.4. The first-order chi connectivity index (χ1) is 7.66. The smallest absolute Gasteiger partial charge is 0.341 e. The van der Waals surface area contributed by atoms with E-state index in [9.17, 15) is 4.79 Å². The fourth-order valence-electron chi connectivity index (χ4n) is 1.63. The van der Waals surface area contributed by atoms with Crippen molar-refractivity contribution in [1.29, 1.82) is 0 Å². The second-order valence-corrected chi connectivity index (χ2v) is 3.65. The molecule has 3 nitrogen and oxygen atoms in total. The molecule has 0 aliphatic heterocycles. The van der Waals surface area contributed by atoms with E-state index in [4.69, 9.17) is 9.84 Å². The number of benzene rings is 2. The van der Waals surface area contributed by atoms with Crippen LogP contribution in [0.5, 0.6) is 5.75 Å². The van der Waals surface area contributed by atoms with Gasteiger partial charge in [-0.25, -0.2) is 4.79 Å². The van der Waals surface area contributed by atoms with Crippen molar-refractivity contribution < 1.29 is 14.6 Å². The van der Waals surface area contributed by atoms with Crippen LogP contribution in [-0.4, -0.2) is 17.7 Å². The van der Waals surface area contributed by atoms with Crippen molar-refractivity contribution in [2.45, 2.75) is 6.92 Å². The van der Waals surface area contributed by atoms with E-state index in [1.54, 1.807) is 0 Å². The minimum absolute atomic E-state index is 0.306. The van der Waals surface area contributed by atoms with E-state index in [-0.39, 0.29) is 6.61 Å². The topological polar surface area (TPSA) is 46.5 Å². The lowest BCUT2D eigenvalue weighted by Crippen LogP contribution is -2.10. The van der Waals surface area contributed by atoms with Crippen LogP contribution in [0.2, 0.25) is 0 Å². The average molecular weight is 216 g/mol. The Labute approximate surface area is 93.3 Å². The Hall–Kier alpha value is -2.03. The number of carbonyl (C=O) groups is 1. The SMILES string of the molecule is Cc1cc2ccccc2cc1OCC(=O)O. The highest BCUT2D eigenvalue weighted by Gasteiger charge is 2.04. The van der Waals surface area contributed by atoms with E-state index in [1.165, 1.54) is 0 Å². The van der Waals surface area contributed by atoms with Crippen LogP contribution in [0, 0.1) is 6.92 Å². The molecule has 16 heavy (non-hydrogen) atoms. The molecule has 0 saturated carbocycles. The van der Waals surface area contributed by atoms with Crippen LogP contribution in [0.25, 0.3) is 10.8 Å². The first-order valence-electron chi connectivity index (χ1n) is 5.01.